The Hall–Kier alpha value is -2.29. The summed E-state index contributed by atoms with van der Waals surface area (Å²) in [6.07, 6.45) is 0.312. The van der Waals surface area contributed by atoms with Crippen molar-refractivity contribution >= 4 is 11.4 Å². The standard InChI is InChI=1S/C13H17N3O3/c1-10(2)15(8-4-7-14)13-9-11(19-3)5-6-12(13)16(17)18/h5-6,9-10H,4,8H2,1-3H3. The molecule has 1 aromatic rings. The van der Waals surface area contributed by atoms with Gasteiger partial charge in [-0.3, -0.25) is 10.1 Å². The first-order chi connectivity index (χ1) is 9.01. The van der Waals surface area contributed by atoms with Crippen molar-refractivity contribution in [3.63, 3.8) is 0 Å². The van der Waals surface area contributed by atoms with E-state index in [-0.39, 0.29) is 11.7 Å². The maximum absolute atomic E-state index is 11.1. The number of ether oxygens (including phenoxy) is 1. The third-order valence-corrected chi connectivity index (χ3v) is 2.78. The largest absolute Gasteiger partial charge is 0.497 e. The second kappa shape index (κ2) is 6.59. The van der Waals surface area contributed by atoms with Gasteiger partial charge in [-0.05, 0) is 19.9 Å². The summed E-state index contributed by atoms with van der Waals surface area (Å²) in [5.74, 6) is 0.559. The van der Waals surface area contributed by atoms with E-state index in [9.17, 15) is 10.1 Å². The predicted octanol–water partition coefficient (Wildman–Crippen LogP) is 2.73. The molecule has 0 heterocycles. The van der Waals surface area contributed by atoms with Crippen LogP contribution in [0, 0.1) is 21.4 Å². The molecule has 0 fully saturated rings. The van der Waals surface area contributed by atoms with Gasteiger partial charge >= 0.3 is 0 Å². The zero-order valence-electron chi connectivity index (χ0n) is 11.3. The lowest BCUT2D eigenvalue weighted by molar-refractivity contribution is -0.384. The molecule has 6 nitrogen and oxygen atoms in total. The highest BCUT2D eigenvalue weighted by Crippen LogP contribution is 2.33. The van der Waals surface area contributed by atoms with Gasteiger partial charge in [0.1, 0.15) is 11.4 Å². The molecule has 0 bridgehead atoms. The molecule has 0 aromatic heterocycles. The number of hydrogen-bond acceptors (Lipinski definition) is 5. The normalized spacial score (nSPS) is 10.1. The zero-order valence-corrected chi connectivity index (χ0v) is 11.3. The summed E-state index contributed by atoms with van der Waals surface area (Å²) in [5.41, 5.74) is 0.502. The fourth-order valence-corrected chi connectivity index (χ4v) is 1.84. The van der Waals surface area contributed by atoms with Gasteiger partial charge < -0.3 is 9.64 Å². The molecular formula is C13H17N3O3. The van der Waals surface area contributed by atoms with Crippen molar-refractivity contribution in [2.24, 2.45) is 0 Å². The Morgan fingerprint density at radius 3 is 2.68 bits per heavy atom. The van der Waals surface area contributed by atoms with Crippen molar-refractivity contribution in [3.05, 3.63) is 28.3 Å². The Kier molecular flexibility index (Phi) is 5.12. The Morgan fingerprint density at radius 1 is 1.53 bits per heavy atom. The van der Waals surface area contributed by atoms with Gasteiger partial charge in [0, 0.05) is 24.7 Å². The van der Waals surface area contributed by atoms with E-state index in [4.69, 9.17) is 10.00 Å². The van der Waals surface area contributed by atoms with Gasteiger partial charge in [0.15, 0.2) is 0 Å². The number of nitro groups is 1. The number of methoxy groups -OCH3 is 1. The summed E-state index contributed by atoms with van der Waals surface area (Å²) in [4.78, 5) is 12.5. The minimum atomic E-state index is -0.420. The van der Waals surface area contributed by atoms with Crippen LogP contribution in [0.2, 0.25) is 0 Å². The van der Waals surface area contributed by atoms with Crippen LogP contribution < -0.4 is 9.64 Å². The van der Waals surface area contributed by atoms with Crippen LogP contribution in [0.5, 0.6) is 5.75 Å². The molecule has 0 saturated heterocycles. The Bertz CT molecular complexity index is 494. The average molecular weight is 263 g/mol. The number of rotatable bonds is 6. The number of nitro benzene ring substituents is 1. The second-order valence-electron chi connectivity index (χ2n) is 4.31. The number of anilines is 1. The first-order valence-electron chi connectivity index (χ1n) is 5.97. The molecule has 1 aromatic carbocycles. The van der Waals surface area contributed by atoms with Crippen LogP contribution >= 0.6 is 0 Å². The Balaban J connectivity index is 3.25. The van der Waals surface area contributed by atoms with E-state index >= 15 is 0 Å². The molecule has 0 radical (unpaired) electrons. The van der Waals surface area contributed by atoms with Crippen LogP contribution in [0.15, 0.2) is 18.2 Å². The van der Waals surface area contributed by atoms with E-state index in [2.05, 4.69) is 6.07 Å². The van der Waals surface area contributed by atoms with Gasteiger partial charge in [-0.15, -0.1) is 0 Å². The van der Waals surface area contributed by atoms with E-state index in [0.717, 1.165) is 0 Å². The molecule has 0 amide bonds. The summed E-state index contributed by atoms with van der Waals surface area (Å²) in [7, 11) is 1.51. The lowest BCUT2D eigenvalue weighted by Gasteiger charge is -2.28. The summed E-state index contributed by atoms with van der Waals surface area (Å²) >= 11 is 0. The Labute approximate surface area is 112 Å². The van der Waals surface area contributed by atoms with Crippen molar-refractivity contribution in [2.75, 3.05) is 18.6 Å². The minimum absolute atomic E-state index is 0.0208. The summed E-state index contributed by atoms with van der Waals surface area (Å²) < 4.78 is 5.11. The van der Waals surface area contributed by atoms with E-state index in [1.54, 1.807) is 12.1 Å². The quantitative estimate of drug-likeness (QED) is 0.582. The van der Waals surface area contributed by atoms with Crippen LogP contribution in [0.3, 0.4) is 0 Å². The van der Waals surface area contributed by atoms with Gasteiger partial charge in [-0.1, -0.05) is 0 Å². The smallest absolute Gasteiger partial charge is 0.292 e. The molecule has 0 aliphatic carbocycles. The van der Waals surface area contributed by atoms with E-state index in [1.807, 2.05) is 18.7 Å². The number of nitriles is 1. The first kappa shape index (κ1) is 14.8. The third kappa shape index (κ3) is 3.58. The molecule has 6 heteroatoms. The number of benzene rings is 1. The average Bonchev–Trinajstić information content (AvgIpc) is 2.38. The second-order valence-corrected chi connectivity index (χ2v) is 4.31. The fraction of sp³-hybridized carbons (Fsp3) is 0.462. The van der Waals surface area contributed by atoms with Crippen LogP contribution in [-0.4, -0.2) is 24.6 Å². The monoisotopic (exact) mass is 263 g/mol. The van der Waals surface area contributed by atoms with Crippen LogP contribution in [0.1, 0.15) is 20.3 Å². The highest BCUT2D eigenvalue weighted by atomic mass is 16.6. The van der Waals surface area contributed by atoms with E-state index in [0.29, 0.717) is 24.4 Å². The third-order valence-electron chi connectivity index (χ3n) is 2.78. The first-order valence-corrected chi connectivity index (χ1v) is 5.97. The molecule has 0 aliphatic rings. The molecule has 0 atom stereocenters. The molecule has 0 spiro atoms. The highest BCUT2D eigenvalue weighted by Gasteiger charge is 2.22. The molecule has 0 N–H and O–H groups in total. The van der Waals surface area contributed by atoms with Crippen molar-refractivity contribution in [2.45, 2.75) is 26.3 Å². The Morgan fingerprint density at radius 2 is 2.21 bits per heavy atom. The van der Waals surface area contributed by atoms with Crippen LogP contribution in [-0.2, 0) is 0 Å². The molecule has 0 aliphatic heterocycles. The lowest BCUT2D eigenvalue weighted by atomic mass is 10.2. The molecule has 102 valence electrons. The zero-order chi connectivity index (χ0) is 14.4. The molecule has 0 saturated carbocycles. The van der Waals surface area contributed by atoms with Crippen LogP contribution in [0.25, 0.3) is 0 Å². The molecule has 0 unspecified atom stereocenters. The summed E-state index contributed by atoms with van der Waals surface area (Å²) in [6, 6.07) is 6.73. The van der Waals surface area contributed by atoms with Gasteiger partial charge in [0.25, 0.3) is 5.69 Å². The maximum atomic E-state index is 11.1. The maximum Gasteiger partial charge on any atom is 0.292 e. The minimum Gasteiger partial charge on any atom is -0.497 e. The summed E-state index contributed by atoms with van der Waals surface area (Å²) in [5, 5.41) is 19.8. The van der Waals surface area contributed by atoms with E-state index in [1.165, 1.54) is 13.2 Å². The number of nitrogens with zero attached hydrogens (tertiary/aromatic N) is 3. The van der Waals surface area contributed by atoms with Gasteiger partial charge in [0.05, 0.1) is 24.5 Å². The van der Waals surface area contributed by atoms with Crippen molar-refractivity contribution < 1.29 is 9.66 Å². The highest BCUT2D eigenvalue weighted by molar-refractivity contribution is 5.66. The molecule has 1 rings (SSSR count). The molecule has 19 heavy (non-hydrogen) atoms. The van der Waals surface area contributed by atoms with Gasteiger partial charge in [-0.25, -0.2) is 0 Å². The van der Waals surface area contributed by atoms with Crippen molar-refractivity contribution in [3.8, 4) is 11.8 Å². The lowest BCUT2D eigenvalue weighted by Crippen LogP contribution is -2.32. The SMILES string of the molecule is COc1ccc([N+](=O)[O-])c(N(CCC#N)C(C)C)c1. The van der Waals surface area contributed by atoms with Gasteiger partial charge in [0.2, 0.25) is 0 Å². The van der Waals surface area contributed by atoms with Crippen molar-refractivity contribution in [1.29, 1.82) is 5.26 Å². The number of hydrogen-bond donors (Lipinski definition) is 0. The van der Waals surface area contributed by atoms with Crippen LogP contribution in [0.4, 0.5) is 11.4 Å². The topological polar surface area (TPSA) is 79.4 Å². The predicted molar refractivity (Wildman–Crippen MR) is 72.4 cm³/mol. The summed E-state index contributed by atoms with van der Waals surface area (Å²) in [6.45, 7) is 4.31. The molecular weight excluding hydrogens is 246 g/mol. The van der Waals surface area contributed by atoms with E-state index < -0.39 is 4.92 Å². The van der Waals surface area contributed by atoms with Crippen molar-refractivity contribution in [1.82, 2.24) is 0 Å². The van der Waals surface area contributed by atoms with Gasteiger partial charge in [-0.2, -0.15) is 5.26 Å². The fourth-order valence-electron chi connectivity index (χ4n) is 1.84.